The van der Waals surface area contributed by atoms with Gasteiger partial charge in [-0.05, 0) is 37.4 Å². The molecule has 0 aliphatic heterocycles. The van der Waals surface area contributed by atoms with Gasteiger partial charge >= 0.3 is 0 Å². The standard InChI is InChI=1S/C14H22N2OS2/c1-4-16-13(17)12(19-14(16)18)8-15-11-7-5-6-9(2)10(11)3/h8-11,17H,4-7H2,1-3H3/t9-,10+,11+/m0/s1. The number of rotatable bonds is 3. The third-order valence-electron chi connectivity index (χ3n) is 4.26. The van der Waals surface area contributed by atoms with Crippen molar-refractivity contribution in [3.05, 3.63) is 8.83 Å². The lowest BCUT2D eigenvalue weighted by molar-refractivity contribution is 0.242. The molecule has 1 saturated carbocycles. The number of thiazole rings is 1. The Balaban J connectivity index is 2.16. The maximum Gasteiger partial charge on any atom is 0.212 e. The molecule has 0 saturated heterocycles. The van der Waals surface area contributed by atoms with Crippen LogP contribution in [0.15, 0.2) is 4.99 Å². The Morgan fingerprint density at radius 1 is 1.47 bits per heavy atom. The molecular formula is C14H22N2OS2. The molecule has 0 spiro atoms. The summed E-state index contributed by atoms with van der Waals surface area (Å²) in [5.74, 6) is 1.62. The summed E-state index contributed by atoms with van der Waals surface area (Å²) in [4.78, 5) is 5.49. The molecule has 1 N–H and O–H groups in total. The van der Waals surface area contributed by atoms with Gasteiger partial charge in [0.05, 0.1) is 6.04 Å². The van der Waals surface area contributed by atoms with Gasteiger partial charge in [0.2, 0.25) is 5.88 Å². The second kappa shape index (κ2) is 6.18. The Morgan fingerprint density at radius 3 is 2.84 bits per heavy atom. The molecule has 3 nitrogen and oxygen atoms in total. The van der Waals surface area contributed by atoms with Gasteiger partial charge in [0.15, 0.2) is 3.95 Å². The SMILES string of the molecule is CCn1c(O)c(C=N[C@@H]2CCC[C@H](C)[C@H]2C)sc1=S. The Morgan fingerprint density at radius 2 is 2.21 bits per heavy atom. The first-order valence-electron chi connectivity index (χ1n) is 7.00. The van der Waals surface area contributed by atoms with Crippen LogP contribution in [0, 0.1) is 15.8 Å². The maximum absolute atomic E-state index is 10.1. The third kappa shape index (κ3) is 3.08. The molecule has 1 heterocycles. The van der Waals surface area contributed by atoms with Crippen LogP contribution in [0.25, 0.3) is 0 Å². The summed E-state index contributed by atoms with van der Waals surface area (Å²) in [5.41, 5.74) is 0. The number of aromatic nitrogens is 1. The zero-order valence-electron chi connectivity index (χ0n) is 11.8. The normalized spacial score (nSPS) is 28.1. The Kier molecular flexibility index (Phi) is 4.79. The predicted octanol–water partition coefficient (Wildman–Crippen LogP) is 4.25. The summed E-state index contributed by atoms with van der Waals surface area (Å²) in [6.45, 7) is 7.27. The second-order valence-corrected chi connectivity index (χ2v) is 7.09. The lowest BCUT2D eigenvalue weighted by Crippen LogP contribution is -2.27. The fraction of sp³-hybridized carbons (Fsp3) is 0.714. The third-order valence-corrected chi connectivity index (χ3v) is 5.63. The zero-order valence-corrected chi connectivity index (χ0v) is 13.4. The van der Waals surface area contributed by atoms with E-state index in [1.54, 1.807) is 4.57 Å². The van der Waals surface area contributed by atoms with E-state index in [1.807, 2.05) is 13.1 Å². The van der Waals surface area contributed by atoms with E-state index in [0.29, 0.717) is 22.5 Å². The van der Waals surface area contributed by atoms with Crippen LogP contribution in [0.4, 0.5) is 0 Å². The zero-order chi connectivity index (χ0) is 14.0. The number of nitrogens with zero attached hydrogens (tertiary/aromatic N) is 2. The van der Waals surface area contributed by atoms with Crippen molar-refractivity contribution >= 4 is 29.8 Å². The van der Waals surface area contributed by atoms with Gasteiger partial charge in [-0.1, -0.05) is 38.0 Å². The van der Waals surface area contributed by atoms with Gasteiger partial charge in [0.1, 0.15) is 4.88 Å². The van der Waals surface area contributed by atoms with E-state index in [4.69, 9.17) is 17.2 Å². The van der Waals surface area contributed by atoms with E-state index in [2.05, 4.69) is 13.8 Å². The summed E-state index contributed by atoms with van der Waals surface area (Å²) in [6.07, 6.45) is 5.54. The van der Waals surface area contributed by atoms with Crippen LogP contribution >= 0.6 is 23.6 Å². The van der Waals surface area contributed by atoms with E-state index in [-0.39, 0.29) is 5.88 Å². The van der Waals surface area contributed by atoms with Crippen molar-refractivity contribution in [3.8, 4) is 5.88 Å². The highest BCUT2D eigenvalue weighted by molar-refractivity contribution is 7.73. The highest BCUT2D eigenvalue weighted by Crippen LogP contribution is 2.32. The van der Waals surface area contributed by atoms with Crippen LogP contribution in [0.1, 0.15) is 44.9 Å². The smallest absolute Gasteiger partial charge is 0.212 e. The van der Waals surface area contributed by atoms with E-state index in [9.17, 15) is 5.11 Å². The van der Waals surface area contributed by atoms with Gasteiger partial charge in [0.25, 0.3) is 0 Å². The topological polar surface area (TPSA) is 37.5 Å². The molecule has 1 aromatic rings. The van der Waals surface area contributed by atoms with E-state index < -0.39 is 0 Å². The van der Waals surface area contributed by atoms with Crippen LogP contribution in [0.3, 0.4) is 0 Å². The van der Waals surface area contributed by atoms with E-state index in [0.717, 1.165) is 17.2 Å². The number of aromatic hydroxyl groups is 1. The molecular weight excluding hydrogens is 276 g/mol. The molecule has 2 rings (SSSR count). The summed E-state index contributed by atoms with van der Waals surface area (Å²) in [6, 6.07) is 0.383. The average Bonchev–Trinajstić information content (AvgIpc) is 2.66. The van der Waals surface area contributed by atoms with Crippen molar-refractivity contribution in [1.82, 2.24) is 4.57 Å². The Hall–Kier alpha value is -0.680. The molecule has 106 valence electrons. The highest BCUT2D eigenvalue weighted by Gasteiger charge is 2.26. The lowest BCUT2D eigenvalue weighted by Gasteiger charge is -2.31. The summed E-state index contributed by atoms with van der Waals surface area (Å²) in [5, 5.41) is 10.1. The summed E-state index contributed by atoms with van der Waals surface area (Å²) in [7, 11) is 0. The minimum Gasteiger partial charge on any atom is -0.493 e. The number of hydrogen-bond acceptors (Lipinski definition) is 4. The van der Waals surface area contributed by atoms with Crippen molar-refractivity contribution < 1.29 is 5.11 Å². The van der Waals surface area contributed by atoms with Crippen LogP contribution in [-0.4, -0.2) is 21.9 Å². The highest BCUT2D eigenvalue weighted by atomic mass is 32.1. The molecule has 0 aromatic carbocycles. The van der Waals surface area contributed by atoms with Crippen molar-refractivity contribution in [1.29, 1.82) is 0 Å². The van der Waals surface area contributed by atoms with Crippen molar-refractivity contribution in [2.75, 3.05) is 0 Å². The molecule has 1 aliphatic rings. The molecule has 5 heteroatoms. The molecule has 1 aliphatic carbocycles. The van der Waals surface area contributed by atoms with E-state index >= 15 is 0 Å². The first-order valence-corrected chi connectivity index (χ1v) is 8.22. The van der Waals surface area contributed by atoms with Crippen molar-refractivity contribution in [2.24, 2.45) is 16.8 Å². The fourth-order valence-electron chi connectivity index (χ4n) is 2.70. The number of aliphatic imine (C=N–C) groups is 1. The molecule has 0 bridgehead atoms. The average molecular weight is 298 g/mol. The molecule has 0 unspecified atom stereocenters. The lowest BCUT2D eigenvalue weighted by atomic mass is 9.78. The Labute approximate surface area is 124 Å². The summed E-state index contributed by atoms with van der Waals surface area (Å²) < 4.78 is 2.46. The van der Waals surface area contributed by atoms with Gasteiger partial charge in [-0.15, -0.1) is 0 Å². The maximum atomic E-state index is 10.1. The first-order chi connectivity index (χ1) is 9.04. The minimum atomic E-state index is 0.262. The van der Waals surface area contributed by atoms with Crippen LogP contribution in [-0.2, 0) is 6.54 Å². The molecule has 0 radical (unpaired) electrons. The predicted molar refractivity (Wildman–Crippen MR) is 84.0 cm³/mol. The van der Waals surface area contributed by atoms with Gasteiger partial charge in [-0.2, -0.15) is 0 Å². The molecule has 1 aromatic heterocycles. The molecule has 0 amide bonds. The van der Waals surface area contributed by atoms with Gasteiger partial charge in [0, 0.05) is 12.8 Å². The monoisotopic (exact) mass is 298 g/mol. The largest absolute Gasteiger partial charge is 0.493 e. The molecule has 19 heavy (non-hydrogen) atoms. The second-order valence-electron chi connectivity index (χ2n) is 5.41. The molecule has 1 fully saturated rings. The first kappa shape index (κ1) is 14.7. The van der Waals surface area contributed by atoms with Crippen LogP contribution < -0.4 is 0 Å². The quantitative estimate of drug-likeness (QED) is 0.669. The van der Waals surface area contributed by atoms with Crippen LogP contribution in [0.2, 0.25) is 0 Å². The van der Waals surface area contributed by atoms with Gasteiger partial charge in [-0.25, -0.2) is 0 Å². The number of hydrogen-bond donors (Lipinski definition) is 1. The van der Waals surface area contributed by atoms with Gasteiger partial charge in [-0.3, -0.25) is 9.56 Å². The minimum absolute atomic E-state index is 0.262. The Bertz CT molecular complexity index is 518. The fourth-order valence-corrected chi connectivity index (χ4v) is 4.02. The summed E-state index contributed by atoms with van der Waals surface area (Å²) >= 11 is 6.67. The van der Waals surface area contributed by atoms with Crippen molar-refractivity contribution in [2.45, 2.75) is 52.6 Å². The van der Waals surface area contributed by atoms with Gasteiger partial charge < -0.3 is 5.11 Å². The van der Waals surface area contributed by atoms with E-state index in [1.165, 1.54) is 24.2 Å². The van der Waals surface area contributed by atoms with Crippen molar-refractivity contribution in [3.63, 3.8) is 0 Å². The molecule has 3 atom stereocenters. The van der Waals surface area contributed by atoms with Crippen LogP contribution in [0.5, 0.6) is 5.88 Å².